The van der Waals surface area contributed by atoms with Crippen molar-refractivity contribution in [3.05, 3.63) is 80.9 Å². The van der Waals surface area contributed by atoms with E-state index in [2.05, 4.69) is 106 Å². The molecule has 2 atom stereocenters. The molecule has 1 heteroatoms. The van der Waals surface area contributed by atoms with Crippen LogP contribution in [0, 0.1) is 0 Å². The van der Waals surface area contributed by atoms with Gasteiger partial charge in [-0.15, -0.1) is 0 Å². The third-order valence-electron chi connectivity index (χ3n) is 7.56. The average molecular weight is 427 g/mol. The highest BCUT2D eigenvalue weighted by Crippen LogP contribution is 2.50. The van der Waals surface area contributed by atoms with Gasteiger partial charge in [0, 0.05) is 0 Å². The second-order valence-corrected chi connectivity index (χ2v) is 13.2. The molecule has 0 bridgehead atoms. The molecule has 2 aromatic rings. The molecule has 0 fully saturated rings. The Kier molecular flexibility index (Phi) is 5.29. The van der Waals surface area contributed by atoms with Crippen molar-refractivity contribution in [2.75, 3.05) is 0 Å². The van der Waals surface area contributed by atoms with Gasteiger partial charge in [-0.3, -0.25) is 0 Å². The molecule has 0 saturated heterocycles. The maximum absolute atomic E-state index is 2.40. The van der Waals surface area contributed by atoms with Gasteiger partial charge in [-0.25, -0.2) is 0 Å². The summed E-state index contributed by atoms with van der Waals surface area (Å²) in [5.74, 6) is 0. The maximum Gasteiger partial charge on any atom is 0.0678 e. The highest BCUT2D eigenvalue weighted by atomic mass is 28.2. The maximum atomic E-state index is 2.40. The molecule has 0 aromatic heterocycles. The molecule has 2 radical (unpaired) electrons. The van der Waals surface area contributed by atoms with Crippen molar-refractivity contribution >= 4 is 20.7 Å². The fraction of sp³-hybridized carbons (Fsp3) is 0.467. The van der Waals surface area contributed by atoms with Crippen LogP contribution < -0.4 is 0 Å². The normalized spacial score (nSPS) is 21.1. The molecule has 0 aliphatic heterocycles. The Bertz CT molecular complexity index is 1020. The fourth-order valence-corrected chi connectivity index (χ4v) is 7.71. The van der Waals surface area contributed by atoms with Gasteiger partial charge < -0.3 is 0 Å². The lowest BCUT2D eigenvalue weighted by Gasteiger charge is -2.26. The molecule has 2 aliphatic rings. The zero-order valence-electron chi connectivity index (χ0n) is 21.1. The first kappa shape index (κ1) is 22.3. The molecule has 0 N–H and O–H groups in total. The van der Waals surface area contributed by atoms with Gasteiger partial charge in [0.05, 0.1) is 9.52 Å². The van der Waals surface area contributed by atoms with Crippen LogP contribution >= 0.6 is 0 Å². The lowest BCUT2D eigenvalue weighted by Crippen LogP contribution is -2.19. The Morgan fingerprint density at radius 1 is 0.581 bits per heavy atom. The van der Waals surface area contributed by atoms with E-state index in [1.165, 1.54) is 33.4 Å². The zero-order chi connectivity index (χ0) is 22.9. The molecular formula is C30H38Si. The number of benzene rings is 2. The number of allylic oxidation sites excluding steroid dienone is 4. The van der Waals surface area contributed by atoms with E-state index in [9.17, 15) is 0 Å². The van der Waals surface area contributed by atoms with Crippen LogP contribution in [-0.4, -0.2) is 9.52 Å². The molecule has 0 nitrogen and oxygen atoms in total. The Morgan fingerprint density at radius 2 is 0.935 bits per heavy atom. The second kappa shape index (κ2) is 7.34. The van der Waals surface area contributed by atoms with E-state index in [4.69, 9.17) is 0 Å². The van der Waals surface area contributed by atoms with Gasteiger partial charge in [0.2, 0.25) is 0 Å². The molecule has 2 aliphatic carbocycles. The summed E-state index contributed by atoms with van der Waals surface area (Å²) in [5.41, 5.74) is 16.8. The second-order valence-electron chi connectivity index (χ2n) is 11.7. The molecule has 0 spiro atoms. The number of rotatable bonds is 2. The summed E-state index contributed by atoms with van der Waals surface area (Å²) in [4.78, 5) is 0. The summed E-state index contributed by atoms with van der Waals surface area (Å²) < 4.78 is 0. The number of fused-ring (bicyclic) bond motifs is 2. The van der Waals surface area contributed by atoms with Gasteiger partial charge in [-0.05, 0) is 94.1 Å². The van der Waals surface area contributed by atoms with E-state index in [1.807, 2.05) is 0 Å². The summed E-state index contributed by atoms with van der Waals surface area (Å²) in [5, 5.41) is 0. The largest absolute Gasteiger partial charge is 0.0678 e. The molecular weight excluding hydrogens is 388 g/mol. The first-order valence-electron chi connectivity index (χ1n) is 11.7. The lowest BCUT2D eigenvalue weighted by molar-refractivity contribution is 0.588. The van der Waals surface area contributed by atoms with Gasteiger partial charge >= 0.3 is 0 Å². The Labute approximate surface area is 192 Å². The summed E-state index contributed by atoms with van der Waals surface area (Å²) in [6.45, 7) is 23.5. The zero-order valence-corrected chi connectivity index (χ0v) is 22.1. The standard InChI is InChI=1S/C30H38Si/c1-17-19(3)27(21-13-11-15-23(25(17)21)29(5,6)7)31-28-20(4)18(2)26-22(28)14-12-16-24(26)30(8,9)10/h11-16,27-28H,1-10H3. The molecule has 2 aromatic carbocycles. The van der Waals surface area contributed by atoms with Crippen molar-refractivity contribution in [2.45, 2.75) is 91.1 Å². The van der Waals surface area contributed by atoms with Crippen LogP contribution in [0.1, 0.15) is 114 Å². The molecule has 2 unspecified atom stereocenters. The lowest BCUT2D eigenvalue weighted by atomic mass is 9.81. The van der Waals surface area contributed by atoms with Crippen molar-refractivity contribution in [3.63, 3.8) is 0 Å². The van der Waals surface area contributed by atoms with Crippen molar-refractivity contribution in [1.29, 1.82) is 0 Å². The highest BCUT2D eigenvalue weighted by molar-refractivity contribution is 6.44. The number of hydrogen-bond acceptors (Lipinski definition) is 0. The van der Waals surface area contributed by atoms with E-state index in [0.717, 1.165) is 9.52 Å². The quantitative estimate of drug-likeness (QED) is 0.423. The summed E-state index contributed by atoms with van der Waals surface area (Å²) in [7, 11) is 0.850. The molecule has 0 heterocycles. The summed E-state index contributed by atoms with van der Waals surface area (Å²) >= 11 is 0. The van der Waals surface area contributed by atoms with E-state index < -0.39 is 0 Å². The van der Waals surface area contributed by atoms with E-state index in [1.54, 1.807) is 22.3 Å². The Morgan fingerprint density at radius 3 is 1.26 bits per heavy atom. The van der Waals surface area contributed by atoms with Crippen LogP contribution in [-0.2, 0) is 10.8 Å². The topological polar surface area (TPSA) is 0 Å². The molecule has 31 heavy (non-hydrogen) atoms. The monoisotopic (exact) mass is 426 g/mol. The van der Waals surface area contributed by atoms with Crippen LogP contribution in [0.15, 0.2) is 47.5 Å². The highest BCUT2D eigenvalue weighted by Gasteiger charge is 2.37. The SMILES string of the molecule is CC1=C(C)C([Si]C2C(C)=C(C)c3c2cccc3C(C)(C)C)c2cccc(C(C)(C)C)c21. The average Bonchev–Trinajstić information content (AvgIpc) is 3.07. The fourth-order valence-electron chi connectivity index (χ4n) is 5.60. The first-order chi connectivity index (χ1) is 14.3. The van der Waals surface area contributed by atoms with Crippen LogP contribution in [0.4, 0.5) is 0 Å². The van der Waals surface area contributed by atoms with Crippen molar-refractivity contribution < 1.29 is 0 Å². The molecule has 0 amide bonds. The van der Waals surface area contributed by atoms with Crippen LogP contribution in [0.2, 0.25) is 0 Å². The predicted molar refractivity (Wildman–Crippen MR) is 138 cm³/mol. The Hall–Kier alpha value is -1.86. The van der Waals surface area contributed by atoms with Crippen molar-refractivity contribution in [3.8, 4) is 0 Å². The smallest absolute Gasteiger partial charge is 0.0655 e. The predicted octanol–water partition coefficient (Wildman–Crippen LogP) is 8.38. The van der Waals surface area contributed by atoms with Crippen LogP contribution in [0.25, 0.3) is 11.1 Å². The van der Waals surface area contributed by atoms with Gasteiger partial charge in [-0.2, -0.15) is 0 Å². The van der Waals surface area contributed by atoms with Gasteiger partial charge in [0.1, 0.15) is 0 Å². The third kappa shape index (κ3) is 3.50. The summed E-state index contributed by atoms with van der Waals surface area (Å²) in [6, 6.07) is 14.1. The summed E-state index contributed by atoms with van der Waals surface area (Å²) in [6.07, 6.45) is 0. The number of hydrogen-bond donors (Lipinski definition) is 0. The van der Waals surface area contributed by atoms with Gasteiger partial charge in [0.15, 0.2) is 0 Å². The third-order valence-corrected chi connectivity index (χ3v) is 9.72. The molecule has 0 saturated carbocycles. The van der Waals surface area contributed by atoms with Crippen LogP contribution in [0.3, 0.4) is 0 Å². The van der Waals surface area contributed by atoms with Gasteiger partial charge in [-0.1, -0.05) is 89.1 Å². The Balaban J connectivity index is 1.81. The minimum atomic E-state index is 0.166. The van der Waals surface area contributed by atoms with Gasteiger partial charge in [0.25, 0.3) is 0 Å². The molecule has 162 valence electrons. The van der Waals surface area contributed by atoms with Crippen molar-refractivity contribution in [1.82, 2.24) is 0 Å². The van der Waals surface area contributed by atoms with E-state index in [-0.39, 0.29) is 10.8 Å². The van der Waals surface area contributed by atoms with E-state index >= 15 is 0 Å². The molecule has 4 rings (SSSR count). The minimum absolute atomic E-state index is 0.166. The first-order valence-corrected chi connectivity index (χ1v) is 12.9. The van der Waals surface area contributed by atoms with Crippen LogP contribution in [0.5, 0.6) is 0 Å². The van der Waals surface area contributed by atoms with E-state index in [0.29, 0.717) is 11.1 Å². The minimum Gasteiger partial charge on any atom is -0.0655 e. The van der Waals surface area contributed by atoms with Crippen molar-refractivity contribution in [2.24, 2.45) is 0 Å².